The molecule has 1 heterocycles. The summed E-state index contributed by atoms with van der Waals surface area (Å²) < 4.78 is 18.9. The maximum atomic E-state index is 13.1. The lowest BCUT2D eigenvalue weighted by atomic mass is 9.58. The maximum Gasteiger partial charge on any atom is 0.226 e. The highest BCUT2D eigenvalue weighted by molar-refractivity contribution is 5.78. The van der Waals surface area contributed by atoms with E-state index in [1.54, 1.807) is 24.3 Å². The van der Waals surface area contributed by atoms with Gasteiger partial charge in [0.05, 0.1) is 12.2 Å². The molecule has 0 bridgehead atoms. The van der Waals surface area contributed by atoms with Gasteiger partial charge in [-0.15, -0.1) is 0 Å². The van der Waals surface area contributed by atoms with Crippen molar-refractivity contribution in [1.29, 1.82) is 0 Å². The Bertz CT molecular complexity index is 636. The number of benzene rings is 1. The maximum absolute atomic E-state index is 13.1. The van der Waals surface area contributed by atoms with Gasteiger partial charge < -0.3 is 14.7 Å². The molecule has 2 unspecified atom stereocenters. The Kier molecular flexibility index (Phi) is 5.54. The molecule has 1 saturated heterocycles. The van der Waals surface area contributed by atoms with Gasteiger partial charge >= 0.3 is 0 Å². The summed E-state index contributed by atoms with van der Waals surface area (Å²) in [5.74, 6) is -0.206. The summed E-state index contributed by atoms with van der Waals surface area (Å²) in [5, 5.41) is 10.2. The first-order chi connectivity index (χ1) is 12.0. The second-order valence-corrected chi connectivity index (χ2v) is 6.97. The van der Waals surface area contributed by atoms with Crippen LogP contribution in [0.2, 0.25) is 0 Å². The predicted molar refractivity (Wildman–Crippen MR) is 94.3 cm³/mol. The van der Waals surface area contributed by atoms with Gasteiger partial charge in [0.25, 0.3) is 0 Å². The van der Waals surface area contributed by atoms with Crippen molar-refractivity contribution < 1.29 is 19.0 Å². The highest BCUT2D eigenvalue weighted by Gasteiger charge is 2.56. The number of hydrogen-bond donors (Lipinski definition) is 1. The van der Waals surface area contributed by atoms with Crippen molar-refractivity contribution in [3.8, 4) is 0 Å². The Hall–Kier alpha value is -1.72. The molecule has 0 radical (unpaired) electrons. The molecule has 2 atom stereocenters. The summed E-state index contributed by atoms with van der Waals surface area (Å²) in [4.78, 5) is 14.2. The number of carbonyl (C=O) groups is 1. The topological polar surface area (TPSA) is 49.8 Å². The Morgan fingerprint density at radius 1 is 1.44 bits per heavy atom. The van der Waals surface area contributed by atoms with Gasteiger partial charge in [0, 0.05) is 38.0 Å². The van der Waals surface area contributed by atoms with E-state index >= 15 is 0 Å². The average Bonchev–Trinajstić information content (AvgIpc) is 2.62. The van der Waals surface area contributed by atoms with E-state index in [4.69, 9.17) is 4.74 Å². The van der Waals surface area contributed by atoms with Gasteiger partial charge in [-0.05, 0) is 37.5 Å². The quantitative estimate of drug-likeness (QED) is 0.891. The molecule has 2 fully saturated rings. The van der Waals surface area contributed by atoms with Crippen molar-refractivity contribution in [3.05, 3.63) is 41.7 Å². The highest BCUT2D eigenvalue weighted by atomic mass is 19.1. The first-order valence-corrected chi connectivity index (χ1v) is 9.04. The van der Waals surface area contributed by atoms with Gasteiger partial charge in [-0.1, -0.05) is 24.3 Å². The molecule has 3 rings (SSSR count). The number of hydrogen-bond acceptors (Lipinski definition) is 3. The van der Waals surface area contributed by atoms with Crippen LogP contribution in [0.15, 0.2) is 30.3 Å². The zero-order chi connectivity index (χ0) is 17.9. The molecular formula is C20H26FNO3. The lowest BCUT2D eigenvalue weighted by Crippen LogP contribution is -2.62. The van der Waals surface area contributed by atoms with E-state index in [-0.39, 0.29) is 29.3 Å². The Balaban J connectivity index is 1.50. The van der Waals surface area contributed by atoms with Crippen molar-refractivity contribution in [2.24, 2.45) is 5.41 Å². The molecule has 1 aliphatic heterocycles. The Morgan fingerprint density at radius 2 is 2.20 bits per heavy atom. The fourth-order valence-electron chi connectivity index (χ4n) is 4.02. The van der Waals surface area contributed by atoms with Gasteiger partial charge in [0.15, 0.2) is 0 Å². The SMILES string of the molecule is CCOC1CC(O)C12CCN(C(=O)C/C=C/c1cccc(F)c1)CC2. The highest BCUT2D eigenvalue weighted by Crippen LogP contribution is 2.50. The van der Waals surface area contributed by atoms with E-state index in [1.807, 2.05) is 11.8 Å². The standard InChI is InChI=1S/C20H26FNO3/c1-2-25-18-14-17(23)20(18)9-11-22(12-10-20)19(24)8-4-6-15-5-3-7-16(21)13-15/h3-7,13,17-18,23H,2,8-12,14H2,1H3/b6-4+. The summed E-state index contributed by atoms with van der Waals surface area (Å²) in [5.41, 5.74) is 0.590. The number of piperidine rings is 1. The van der Waals surface area contributed by atoms with E-state index in [9.17, 15) is 14.3 Å². The van der Waals surface area contributed by atoms with Crippen LogP contribution in [0.1, 0.15) is 38.2 Å². The minimum Gasteiger partial charge on any atom is -0.392 e. The summed E-state index contributed by atoms with van der Waals surface area (Å²) in [7, 11) is 0. The number of aliphatic hydroxyl groups excluding tert-OH is 1. The number of nitrogens with zero attached hydrogens (tertiary/aromatic N) is 1. The molecule has 1 aliphatic carbocycles. The van der Waals surface area contributed by atoms with Crippen LogP contribution in [0, 0.1) is 11.2 Å². The van der Waals surface area contributed by atoms with E-state index in [1.165, 1.54) is 12.1 Å². The lowest BCUT2D eigenvalue weighted by molar-refractivity contribution is -0.210. The third kappa shape index (κ3) is 3.77. The zero-order valence-corrected chi connectivity index (χ0v) is 14.7. The third-order valence-electron chi connectivity index (χ3n) is 5.61. The van der Waals surface area contributed by atoms with Crippen molar-refractivity contribution in [2.75, 3.05) is 19.7 Å². The molecule has 1 amide bonds. The number of carbonyl (C=O) groups excluding carboxylic acids is 1. The second kappa shape index (κ2) is 7.67. The normalized spacial score (nSPS) is 25.3. The van der Waals surface area contributed by atoms with E-state index in [0.29, 0.717) is 32.5 Å². The summed E-state index contributed by atoms with van der Waals surface area (Å²) >= 11 is 0. The van der Waals surface area contributed by atoms with Crippen LogP contribution in [0.5, 0.6) is 0 Å². The fourth-order valence-corrected chi connectivity index (χ4v) is 4.02. The number of halogens is 1. The largest absolute Gasteiger partial charge is 0.392 e. The minimum absolute atomic E-state index is 0.0734. The van der Waals surface area contributed by atoms with Crippen molar-refractivity contribution in [1.82, 2.24) is 4.90 Å². The summed E-state index contributed by atoms with van der Waals surface area (Å²) in [6.45, 7) is 3.95. The van der Waals surface area contributed by atoms with Gasteiger partial charge in [0.2, 0.25) is 5.91 Å². The van der Waals surface area contributed by atoms with Crippen molar-refractivity contribution in [3.63, 3.8) is 0 Å². The molecule has 136 valence electrons. The van der Waals surface area contributed by atoms with Gasteiger partial charge in [-0.2, -0.15) is 0 Å². The van der Waals surface area contributed by atoms with Crippen LogP contribution < -0.4 is 0 Å². The van der Waals surface area contributed by atoms with Crippen LogP contribution in [0.4, 0.5) is 4.39 Å². The second-order valence-electron chi connectivity index (χ2n) is 6.97. The molecule has 4 nitrogen and oxygen atoms in total. The average molecular weight is 347 g/mol. The molecule has 1 spiro atoms. The molecule has 5 heteroatoms. The molecular weight excluding hydrogens is 321 g/mol. The molecule has 1 N–H and O–H groups in total. The van der Waals surface area contributed by atoms with Crippen LogP contribution in [-0.4, -0.2) is 47.8 Å². The molecule has 25 heavy (non-hydrogen) atoms. The van der Waals surface area contributed by atoms with Crippen LogP contribution in [-0.2, 0) is 9.53 Å². The number of aliphatic hydroxyl groups is 1. The van der Waals surface area contributed by atoms with E-state index in [2.05, 4.69) is 0 Å². The fraction of sp³-hybridized carbons (Fsp3) is 0.550. The molecule has 1 aromatic carbocycles. The summed E-state index contributed by atoms with van der Waals surface area (Å²) in [6.07, 6.45) is 5.96. The Labute approximate surface area is 148 Å². The van der Waals surface area contributed by atoms with Crippen LogP contribution in [0.3, 0.4) is 0 Å². The number of rotatable bonds is 5. The Morgan fingerprint density at radius 3 is 2.84 bits per heavy atom. The molecule has 2 aliphatic rings. The monoisotopic (exact) mass is 347 g/mol. The van der Waals surface area contributed by atoms with Crippen molar-refractivity contribution >= 4 is 12.0 Å². The van der Waals surface area contributed by atoms with Gasteiger partial charge in [0.1, 0.15) is 5.82 Å². The number of amides is 1. The van der Waals surface area contributed by atoms with Gasteiger partial charge in [-0.25, -0.2) is 4.39 Å². The number of ether oxygens (including phenoxy) is 1. The van der Waals surface area contributed by atoms with E-state index in [0.717, 1.165) is 18.4 Å². The smallest absolute Gasteiger partial charge is 0.226 e. The minimum atomic E-state index is -0.311. The third-order valence-corrected chi connectivity index (χ3v) is 5.61. The van der Waals surface area contributed by atoms with Gasteiger partial charge in [-0.3, -0.25) is 4.79 Å². The number of likely N-dealkylation sites (tertiary alicyclic amines) is 1. The van der Waals surface area contributed by atoms with Crippen LogP contribution >= 0.6 is 0 Å². The van der Waals surface area contributed by atoms with E-state index < -0.39 is 0 Å². The molecule has 0 aromatic heterocycles. The molecule has 1 aromatic rings. The lowest BCUT2D eigenvalue weighted by Gasteiger charge is -2.56. The first kappa shape index (κ1) is 18.1. The van der Waals surface area contributed by atoms with Crippen molar-refractivity contribution in [2.45, 2.75) is 44.8 Å². The summed E-state index contributed by atoms with van der Waals surface area (Å²) in [6, 6.07) is 6.30. The van der Waals surface area contributed by atoms with Crippen LogP contribution in [0.25, 0.3) is 6.08 Å². The molecule has 1 saturated carbocycles. The first-order valence-electron chi connectivity index (χ1n) is 9.04. The predicted octanol–water partition coefficient (Wildman–Crippen LogP) is 3.01. The zero-order valence-electron chi connectivity index (χ0n) is 14.7.